The number of hydrogen-bond acceptors (Lipinski definition) is 2. The van der Waals surface area contributed by atoms with Crippen LogP contribution in [0.2, 0.25) is 0 Å². The molecule has 0 rings (SSSR count). The molecule has 0 aromatic heterocycles. The zero-order chi connectivity index (χ0) is 28.0. The van der Waals surface area contributed by atoms with Crippen molar-refractivity contribution in [3.05, 3.63) is 0 Å². The van der Waals surface area contributed by atoms with Crippen LogP contribution in [0.15, 0.2) is 0 Å². The first-order valence-electron chi connectivity index (χ1n) is 18.2. The Morgan fingerprint density at radius 1 is 0.231 bits per heavy atom. The van der Waals surface area contributed by atoms with E-state index in [1.165, 1.54) is 205 Å². The molecule has 0 aliphatic heterocycles. The Bertz CT molecular complexity index is 298. The molecule has 0 saturated carbocycles. The minimum atomic E-state index is 0. The minimum Gasteiger partial charge on any atom is -0.412 e. The van der Waals surface area contributed by atoms with Crippen LogP contribution >= 0.6 is 0 Å². The van der Waals surface area contributed by atoms with E-state index in [0.29, 0.717) is 0 Å². The van der Waals surface area contributed by atoms with Gasteiger partial charge in [0.15, 0.2) is 0 Å². The molecule has 3 heteroatoms. The summed E-state index contributed by atoms with van der Waals surface area (Å²) in [6, 6.07) is 0. The maximum Gasteiger partial charge on any atom is -0.00773 e. The van der Waals surface area contributed by atoms with Gasteiger partial charge in [-0.15, -0.1) is 0 Å². The van der Waals surface area contributed by atoms with Crippen LogP contribution < -0.4 is 11.5 Å². The molecule has 0 saturated heterocycles. The maximum absolute atomic E-state index is 5.48. The van der Waals surface area contributed by atoms with Crippen molar-refractivity contribution in [3.63, 3.8) is 0 Å². The van der Waals surface area contributed by atoms with Crippen molar-refractivity contribution in [1.82, 2.24) is 0 Å². The van der Waals surface area contributed by atoms with Gasteiger partial charge in [-0.05, 0) is 25.9 Å². The summed E-state index contributed by atoms with van der Waals surface area (Å²) in [5.41, 5.74) is 11.0. The summed E-state index contributed by atoms with van der Waals surface area (Å²) in [7, 11) is 0. The van der Waals surface area contributed by atoms with Gasteiger partial charge >= 0.3 is 0 Å². The third kappa shape index (κ3) is 48.0. The largest absolute Gasteiger partial charge is 0.412 e. The van der Waals surface area contributed by atoms with Crippen molar-refractivity contribution >= 4 is 0 Å². The Hall–Kier alpha value is -0.120. The third-order valence-corrected chi connectivity index (χ3v) is 8.12. The Morgan fingerprint density at radius 2 is 0.359 bits per heavy atom. The first-order valence-corrected chi connectivity index (χ1v) is 18.2. The molecule has 0 heterocycles. The van der Waals surface area contributed by atoms with Gasteiger partial charge < -0.3 is 16.9 Å². The molecule has 0 aliphatic rings. The lowest BCUT2D eigenvalue weighted by Gasteiger charge is -2.03. The fourth-order valence-electron chi connectivity index (χ4n) is 5.38. The van der Waals surface area contributed by atoms with Gasteiger partial charge in [-0.3, -0.25) is 0 Å². The molecule has 0 aromatic carbocycles. The minimum absolute atomic E-state index is 0. The quantitative estimate of drug-likeness (QED) is 0.0807. The second kappa shape index (κ2) is 44.9. The topological polar surface area (TPSA) is 83.5 Å². The molecule has 0 amide bonds. The SMILES string of the molecule is CCCCCCCCCCCCCCCCCCN.CCCCCCCCCCCCCCCCCCN.O. The highest BCUT2D eigenvalue weighted by Crippen LogP contribution is 2.15. The molecule has 240 valence electrons. The number of nitrogens with two attached hydrogens (primary N) is 2. The molecule has 0 fully saturated rings. The van der Waals surface area contributed by atoms with Crippen molar-refractivity contribution in [2.45, 2.75) is 219 Å². The van der Waals surface area contributed by atoms with E-state index in [1.54, 1.807) is 0 Å². The zero-order valence-corrected chi connectivity index (χ0v) is 27.7. The van der Waals surface area contributed by atoms with E-state index in [1.807, 2.05) is 0 Å². The lowest BCUT2D eigenvalue weighted by Crippen LogP contribution is -1.97. The van der Waals surface area contributed by atoms with Crippen LogP contribution in [0.4, 0.5) is 0 Å². The van der Waals surface area contributed by atoms with Gasteiger partial charge in [0.2, 0.25) is 0 Å². The standard InChI is InChI=1S/2C18H39N.H2O/c2*1-2-3-4-5-6-7-8-9-10-11-12-13-14-15-16-17-18-19;/h2*2-19H2,1H3;1H2. The van der Waals surface area contributed by atoms with Gasteiger partial charge in [-0.25, -0.2) is 0 Å². The zero-order valence-electron chi connectivity index (χ0n) is 27.7. The van der Waals surface area contributed by atoms with Crippen molar-refractivity contribution in [1.29, 1.82) is 0 Å². The highest BCUT2D eigenvalue weighted by Gasteiger charge is 1.95. The van der Waals surface area contributed by atoms with Crippen molar-refractivity contribution in [2.24, 2.45) is 11.5 Å². The van der Waals surface area contributed by atoms with Gasteiger partial charge in [0.1, 0.15) is 0 Å². The lowest BCUT2D eigenvalue weighted by atomic mass is 10.0. The van der Waals surface area contributed by atoms with Crippen LogP contribution in [0.3, 0.4) is 0 Å². The average molecular weight is 557 g/mol. The monoisotopic (exact) mass is 557 g/mol. The highest BCUT2D eigenvalue weighted by atomic mass is 16.0. The molecule has 0 atom stereocenters. The Kier molecular flexibility index (Phi) is 49.9. The molecular weight excluding hydrogens is 476 g/mol. The summed E-state index contributed by atoms with van der Waals surface area (Å²) in [6.07, 6.45) is 45.7. The molecule has 0 spiro atoms. The van der Waals surface area contributed by atoms with Crippen LogP contribution in [-0.2, 0) is 0 Å². The van der Waals surface area contributed by atoms with Gasteiger partial charge in [0.25, 0.3) is 0 Å². The van der Waals surface area contributed by atoms with E-state index < -0.39 is 0 Å². The van der Waals surface area contributed by atoms with Crippen LogP contribution in [0.5, 0.6) is 0 Å². The predicted molar refractivity (Wildman–Crippen MR) is 181 cm³/mol. The smallest absolute Gasteiger partial charge is 0.00773 e. The molecule has 3 nitrogen and oxygen atoms in total. The highest BCUT2D eigenvalue weighted by molar-refractivity contribution is 4.51. The normalized spacial score (nSPS) is 10.8. The fourth-order valence-corrected chi connectivity index (χ4v) is 5.38. The Labute approximate surface area is 249 Å². The van der Waals surface area contributed by atoms with Crippen molar-refractivity contribution in [3.8, 4) is 0 Å². The molecule has 0 unspecified atom stereocenters. The fraction of sp³-hybridized carbons (Fsp3) is 1.00. The lowest BCUT2D eigenvalue weighted by molar-refractivity contribution is 0.530. The second-order valence-electron chi connectivity index (χ2n) is 12.2. The first kappa shape index (κ1) is 43.3. The third-order valence-electron chi connectivity index (χ3n) is 8.12. The summed E-state index contributed by atoms with van der Waals surface area (Å²) in [5, 5.41) is 0. The van der Waals surface area contributed by atoms with Crippen molar-refractivity contribution < 1.29 is 5.48 Å². The average Bonchev–Trinajstić information content (AvgIpc) is 2.93. The van der Waals surface area contributed by atoms with Crippen molar-refractivity contribution in [2.75, 3.05) is 13.1 Å². The van der Waals surface area contributed by atoms with E-state index in [-0.39, 0.29) is 5.48 Å². The predicted octanol–water partition coefficient (Wildman–Crippen LogP) is 11.6. The van der Waals surface area contributed by atoms with Crippen LogP contribution in [0.1, 0.15) is 219 Å². The Balaban J connectivity index is -0.000000648. The summed E-state index contributed by atoms with van der Waals surface area (Å²) < 4.78 is 0. The molecule has 39 heavy (non-hydrogen) atoms. The van der Waals surface area contributed by atoms with E-state index in [4.69, 9.17) is 11.5 Å². The van der Waals surface area contributed by atoms with Crippen LogP contribution in [-0.4, -0.2) is 18.6 Å². The summed E-state index contributed by atoms with van der Waals surface area (Å²) in [5.74, 6) is 0. The summed E-state index contributed by atoms with van der Waals surface area (Å²) in [4.78, 5) is 0. The van der Waals surface area contributed by atoms with Gasteiger partial charge in [-0.1, -0.05) is 206 Å². The van der Waals surface area contributed by atoms with E-state index >= 15 is 0 Å². The van der Waals surface area contributed by atoms with E-state index in [0.717, 1.165) is 13.1 Å². The maximum atomic E-state index is 5.48. The molecule has 0 radical (unpaired) electrons. The number of unbranched alkanes of at least 4 members (excludes halogenated alkanes) is 30. The van der Waals surface area contributed by atoms with Gasteiger partial charge in [0.05, 0.1) is 0 Å². The van der Waals surface area contributed by atoms with Crippen LogP contribution in [0, 0.1) is 0 Å². The van der Waals surface area contributed by atoms with Gasteiger partial charge in [0, 0.05) is 0 Å². The molecule has 0 aromatic rings. The summed E-state index contributed by atoms with van der Waals surface area (Å²) in [6.45, 7) is 6.33. The Morgan fingerprint density at radius 3 is 0.487 bits per heavy atom. The summed E-state index contributed by atoms with van der Waals surface area (Å²) >= 11 is 0. The molecule has 0 aliphatic carbocycles. The molecule has 6 N–H and O–H groups in total. The second-order valence-corrected chi connectivity index (χ2v) is 12.2. The van der Waals surface area contributed by atoms with E-state index in [9.17, 15) is 0 Å². The van der Waals surface area contributed by atoms with Crippen LogP contribution in [0.25, 0.3) is 0 Å². The molecular formula is C36H80N2O. The van der Waals surface area contributed by atoms with Gasteiger partial charge in [-0.2, -0.15) is 0 Å². The number of rotatable bonds is 32. The molecule has 0 bridgehead atoms. The van der Waals surface area contributed by atoms with E-state index in [2.05, 4.69) is 13.8 Å². The number of hydrogen-bond donors (Lipinski definition) is 2. The first-order chi connectivity index (χ1) is 18.8.